The van der Waals surface area contributed by atoms with E-state index in [1.165, 1.54) is 0 Å². The van der Waals surface area contributed by atoms with E-state index >= 15 is 0 Å². The van der Waals surface area contributed by atoms with E-state index in [9.17, 15) is 0 Å². The minimum atomic E-state index is -0.833. The number of urea groups is 1. The molecule has 10 heavy (non-hydrogen) atoms. The van der Waals surface area contributed by atoms with Crippen molar-refractivity contribution in [1.29, 1.82) is 0 Å². The van der Waals surface area contributed by atoms with Crippen LogP contribution in [0.25, 0.3) is 0 Å². The fraction of sp³-hybridized carbons (Fsp3) is 0.167. The van der Waals surface area contributed by atoms with Crippen LogP contribution in [0.15, 0.2) is 25.0 Å². The maximum atomic E-state index is 9.00. The number of hydrogen-bond donors (Lipinski definition) is 3. The molecule has 0 atom stereocenters. The third kappa shape index (κ3) is 84.0. The van der Waals surface area contributed by atoms with Gasteiger partial charge in [-0.15, -0.1) is 6.58 Å². The van der Waals surface area contributed by atoms with Crippen molar-refractivity contribution in [2.24, 2.45) is 11.5 Å². The van der Waals surface area contributed by atoms with Crippen molar-refractivity contribution in [1.82, 2.24) is 0 Å². The van der Waals surface area contributed by atoms with Gasteiger partial charge in [0.05, 0.1) is 5.76 Å². The van der Waals surface area contributed by atoms with Crippen molar-refractivity contribution in [2.45, 2.75) is 6.42 Å². The number of aliphatic hydroxyl groups is 1. The van der Waals surface area contributed by atoms with Crippen LogP contribution in [0.3, 0.4) is 0 Å². The molecule has 0 radical (unpaired) electrons. The van der Waals surface area contributed by atoms with Crippen molar-refractivity contribution in [3.63, 3.8) is 0 Å². The first-order valence-electron chi connectivity index (χ1n) is 2.53. The number of rotatable bonds is 2. The van der Waals surface area contributed by atoms with Crippen molar-refractivity contribution in [3.8, 4) is 0 Å². The molecule has 0 aliphatic rings. The summed E-state index contributed by atoms with van der Waals surface area (Å²) in [6, 6.07) is -0.833. The molecule has 0 aromatic heterocycles. The lowest BCUT2D eigenvalue weighted by Crippen LogP contribution is -2.18. The summed E-state index contributed by atoms with van der Waals surface area (Å²) in [5, 5.41) is 8.29. The van der Waals surface area contributed by atoms with E-state index in [-0.39, 0.29) is 5.76 Å². The molecule has 2 amide bonds. The maximum absolute atomic E-state index is 9.00. The number of amides is 2. The lowest BCUT2D eigenvalue weighted by Gasteiger charge is -1.82. The molecule has 0 aliphatic heterocycles. The van der Waals surface area contributed by atoms with E-state index in [2.05, 4.69) is 24.6 Å². The molecule has 0 aromatic rings. The number of carbonyl (C=O) groups is 1. The smallest absolute Gasteiger partial charge is 0.309 e. The van der Waals surface area contributed by atoms with Crippen LogP contribution in [-0.4, -0.2) is 11.1 Å². The van der Waals surface area contributed by atoms with Crippen LogP contribution in [0.4, 0.5) is 4.79 Å². The van der Waals surface area contributed by atoms with Gasteiger partial charge in [-0.25, -0.2) is 4.79 Å². The predicted molar refractivity (Wildman–Crippen MR) is 40.4 cm³/mol. The molecule has 5 N–H and O–H groups in total. The third-order valence-corrected chi connectivity index (χ3v) is 0.380. The largest absolute Gasteiger partial charge is 0.513 e. The Bertz CT molecular complexity index is 128. The van der Waals surface area contributed by atoms with Gasteiger partial charge >= 0.3 is 6.03 Å². The van der Waals surface area contributed by atoms with Crippen molar-refractivity contribution in [3.05, 3.63) is 25.0 Å². The number of primary amides is 2. The van der Waals surface area contributed by atoms with E-state index in [1.54, 1.807) is 6.08 Å². The van der Waals surface area contributed by atoms with Crippen LogP contribution in [-0.2, 0) is 0 Å². The molecule has 0 bridgehead atoms. The van der Waals surface area contributed by atoms with E-state index < -0.39 is 6.03 Å². The lowest BCUT2D eigenvalue weighted by atomic mass is 10.4. The quantitative estimate of drug-likeness (QED) is 0.392. The highest BCUT2D eigenvalue weighted by Crippen LogP contribution is 1.88. The fourth-order valence-corrected chi connectivity index (χ4v) is 0.167. The summed E-state index contributed by atoms with van der Waals surface area (Å²) in [5.41, 5.74) is 8.50. The Kier molecular flexibility index (Phi) is 8.58. The molecule has 0 fully saturated rings. The van der Waals surface area contributed by atoms with Gasteiger partial charge in [0.1, 0.15) is 0 Å². The molecule has 0 saturated heterocycles. The molecule has 0 unspecified atom stereocenters. The Balaban J connectivity index is 0. The van der Waals surface area contributed by atoms with E-state index in [4.69, 9.17) is 9.90 Å². The number of hydrogen-bond acceptors (Lipinski definition) is 2. The summed E-state index contributed by atoms with van der Waals surface area (Å²) in [6.07, 6.45) is 2.10. The van der Waals surface area contributed by atoms with Crippen molar-refractivity contribution < 1.29 is 9.90 Å². The van der Waals surface area contributed by atoms with Gasteiger partial charge in [-0.05, 0) is 0 Å². The first-order valence-corrected chi connectivity index (χ1v) is 2.53. The van der Waals surface area contributed by atoms with E-state index in [1.807, 2.05) is 0 Å². The number of aliphatic hydroxyl groups excluding tert-OH is 1. The van der Waals surface area contributed by atoms with Gasteiger partial charge in [0.15, 0.2) is 0 Å². The van der Waals surface area contributed by atoms with Gasteiger partial charge in [0, 0.05) is 6.42 Å². The molecule has 4 heteroatoms. The molecule has 0 aromatic carbocycles. The van der Waals surface area contributed by atoms with Gasteiger partial charge in [0.25, 0.3) is 0 Å². The van der Waals surface area contributed by atoms with Gasteiger partial charge in [-0.1, -0.05) is 12.7 Å². The molecule has 0 rings (SSSR count). The van der Waals surface area contributed by atoms with Gasteiger partial charge < -0.3 is 16.6 Å². The van der Waals surface area contributed by atoms with Crippen LogP contribution in [0.5, 0.6) is 0 Å². The second-order valence-corrected chi connectivity index (χ2v) is 1.46. The van der Waals surface area contributed by atoms with Gasteiger partial charge in [0.2, 0.25) is 0 Å². The Morgan fingerprint density at radius 1 is 1.60 bits per heavy atom. The first-order chi connectivity index (χ1) is 4.50. The minimum absolute atomic E-state index is 0.171. The summed E-state index contributed by atoms with van der Waals surface area (Å²) < 4.78 is 0. The second-order valence-electron chi connectivity index (χ2n) is 1.46. The van der Waals surface area contributed by atoms with Crippen LogP contribution in [0.1, 0.15) is 6.42 Å². The second kappa shape index (κ2) is 7.55. The Labute approximate surface area is 59.8 Å². The Morgan fingerprint density at radius 3 is 1.90 bits per heavy atom. The lowest BCUT2D eigenvalue weighted by molar-refractivity contribution is 0.256. The van der Waals surface area contributed by atoms with Crippen LogP contribution in [0, 0.1) is 0 Å². The average Bonchev–Trinajstić information content (AvgIpc) is 1.62. The summed E-state index contributed by atoms with van der Waals surface area (Å²) in [4.78, 5) is 9.00. The summed E-state index contributed by atoms with van der Waals surface area (Å²) in [6.45, 7) is 6.61. The van der Waals surface area contributed by atoms with E-state index in [0.717, 1.165) is 0 Å². The standard InChI is InChI=1S/C5H8O.CH4N2O/c1-3-4-5(2)6;2-1(3)4/h3,6H,1-2,4H2;(H4,2,3,4). The fourth-order valence-electron chi connectivity index (χ4n) is 0.167. The average molecular weight is 144 g/mol. The number of carbonyl (C=O) groups excluding carboxylic acids is 1. The maximum Gasteiger partial charge on any atom is 0.309 e. The van der Waals surface area contributed by atoms with Crippen molar-refractivity contribution in [2.75, 3.05) is 0 Å². The van der Waals surface area contributed by atoms with Gasteiger partial charge in [-0.2, -0.15) is 0 Å². The zero-order valence-electron chi connectivity index (χ0n) is 5.71. The van der Waals surface area contributed by atoms with Gasteiger partial charge in [-0.3, -0.25) is 0 Å². The third-order valence-electron chi connectivity index (χ3n) is 0.380. The SMILES string of the molecule is C=CCC(=C)O.NC(N)=O. The molecule has 0 heterocycles. The zero-order chi connectivity index (χ0) is 8.57. The van der Waals surface area contributed by atoms with Crippen LogP contribution in [0.2, 0.25) is 0 Å². The first kappa shape index (κ1) is 11.4. The van der Waals surface area contributed by atoms with Crippen LogP contribution >= 0.6 is 0 Å². The zero-order valence-corrected chi connectivity index (χ0v) is 5.71. The summed E-state index contributed by atoms with van der Waals surface area (Å²) in [7, 11) is 0. The molecule has 0 spiro atoms. The number of nitrogens with two attached hydrogens (primary N) is 2. The monoisotopic (exact) mass is 144 g/mol. The highest BCUT2D eigenvalue weighted by molar-refractivity contribution is 5.69. The summed E-state index contributed by atoms with van der Waals surface area (Å²) >= 11 is 0. The molecule has 0 saturated carbocycles. The molecular formula is C6H12N2O2. The molecule has 58 valence electrons. The molecular weight excluding hydrogens is 132 g/mol. The van der Waals surface area contributed by atoms with E-state index in [0.29, 0.717) is 6.42 Å². The van der Waals surface area contributed by atoms with Crippen molar-refractivity contribution >= 4 is 6.03 Å². The Morgan fingerprint density at radius 2 is 1.90 bits per heavy atom. The Hall–Kier alpha value is -1.45. The molecule has 4 nitrogen and oxygen atoms in total. The highest BCUT2D eigenvalue weighted by atomic mass is 16.3. The topological polar surface area (TPSA) is 89.3 Å². The van der Waals surface area contributed by atoms with Crippen LogP contribution < -0.4 is 11.5 Å². The molecule has 0 aliphatic carbocycles. The minimum Gasteiger partial charge on any atom is -0.513 e. The predicted octanol–water partition coefficient (Wildman–Crippen LogP) is 0.658. The normalized spacial score (nSPS) is 6.80. The summed E-state index contributed by atoms with van der Waals surface area (Å²) in [5.74, 6) is 0.171. The highest BCUT2D eigenvalue weighted by Gasteiger charge is 1.74. The number of allylic oxidation sites excluding steroid dienone is 1.